The summed E-state index contributed by atoms with van der Waals surface area (Å²) in [4.78, 5) is 29.6. The Morgan fingerprint density at radius 1 is 1.26 bits per heavy atom. The number of ether oxygens (including phenoxy) is 1. The number of fused-ring (bicyclic) bond motifs is 1. The molecular formula is C19H21N5O2S. The monoisotopic (exact) mass is 383 g/mol. The second-order valence-electron chi connectivity index (χ2n) is 6.49. The maximum absolute atomic E-state index is 12.9. The maximum atomic E-state index is 12.9. The molecule has 1 fully saturated rings. The van der Waals surface area contributed by atoms with Crippen LogP contribution in [-0.2, 0) is 11.3 Å². The first-order valence-corrected chi connectivity index (χ1v) is 9.72. The number of rotatable bonds is 4. The Morgan fingerprint density at radius 2 is 2.07 bits per heavy atom. The van der Waals surface area contributed by atoms with E-state index in [1.807, 2.05) is 36.9 Å². The fraction of sp³-hybridized carbons (Fsp3) is 0.368. The van der Waals surface area contributed by atoms with E-state index in [-0.39, 0.29) is 5.91 Å². The number of nitrogens with zero attached hydrogens (tertiary/aromatic N) is 4. The number of anilines is 1. The number of carbonyl (C=O) groups excluding carboxylic acids is 1. The largest absolute Gasteiger partial charge is 0.378 e. The summed E-state index contributed by atoms with van der Waals surface area (Å²) in [6, 6.07) is 5.94. The van der Waals surface area contributed by atoms with E-state index < -0.39 is 0 Å². The predicted octanol–water partition coefficient (Wildman–Crippen LogP) is 2.79. The van der Waals surface area contributed by atoms with Gasteiger partial charge in [0.15, 0.2) is 0 Å². The lowest BCUT2D eigenvalue weighted by molar-refractivity contribution is 0.0306. The van der Waals surface area contributed by atoms with Gasteiger partial charge in [-0.15, -0.1) is 11.3 Å². The molecule has 0 atom stereocenters. The lowest BCUT2D eigenvalue weighted by Gasteiger charge is -2.26. The van der Waals surface area contributed by atoms with Crippen LogP contribution in [0, 0.1) is 13.8 Å². The third-order valence-electron chi connectivity index (χ3n) is 4.60. The number of aryl methyl sites for hydroxylation is 2. The van der Waals surface area contributed by atoms with Crippen LogP contribution in [0.1, 0.15) is 26.6 Å². The Labute approximate surface area is 161 Å². The highest BCUT2D eigenvalue weighted by atomic mass is 32.1. The van der Waals surface area contributed by atoms with Crippen LogP contribution in [0.3, 0.4) is 0 Å². The number of amides is 1. The van der Waals surface area contributed by atoms with Gasteiger partial charge in [0.1, 0.15) is 17.0 Å². The molecule has 0 radical (unpaired) electrons. The van der Waals surface area contributed by atoms with E-state index in [4.69, 9.17) is 4.74 Å². The summed E-state index contributed by atoms with van der Waals surface area (Å²) in [5.74, 6) is 0.781. The van der Waals surface area contributed by atoms with Crippen LogP contribution in [-0.4, -0.2) is 52.1 Å². The van der Waals surface area contributed by atoms with Crippen molar-refractivity contribution in [2.75, 3.05) is 31.6 Å². The van der Waals surface area contributed by atoms with E-state index in [0.717, 1.165) is 37.9 Å². The van der Waals surface area contributed by atoms with E-state index in [1.54, 1.807) is 0 Å². The van der Waals surface area contributed by atoms with Crippen LogP contribution < -0.4 is 5.32 Å². The molecule has 4 rings (SSSR count). The predicted molar refractivity (Wildman–Crippen MR) is 105 cm³/mol. The van der Waals surface area contributed by atoms with Crippen LogP contribution in [0.25, 0.3) is 10.2 Å². The molecule has 27 heavy (non-hydrogen) atoms. The SMILES string of the molecule is Cc1cccc(CNc2ncnc3sc(C(=O)N4CCOCC4)c(C)c23)n1. The fourth-order valence-corrected chi connectivity index (χ4v) is 4.31. The third kappa shape index (κ3) is 3.63. The second-order valence-corrected chi connectivity index (χ2v) is 7.49. The van der Waals surface area contributed by atoms with E-state index in [9.17, 15) is 4.79 Å². The molecule has 4 heterocycles. The molecule has 1 saturated heterocycles. The molecule has 8 heteroatoms. The molecule has 0 aliphatic carbocycles. The number of morpholine rings is 1. The van der Waals surface area contributed by atoms with E-state index in [0.29, 0.717) is 32.8 Å². The van der Waals surface area contributed by atoms with Crippen molar-refractivity contribution in [1.82, 2.24) is 19.9 Å². The maximum Gasteiger partial charge on any atom is 0.264 e. The number of carbonyl (C=O) groups is 1. The highest BCUT2D eigenvalue weighted by molar-refractivity contribution is 7.20. The zero-order valence-electron chi connectivity index (χ0n) is 15.4. The zero-order valence-corrected chi connectivity index (χ0v) is 16.2. The number of thiophene rings is 1. The quantitative estimate of drug-likeness (QED) is 0.746. The average Bonchev–Trinajstić information content (AvgIpc) is 3.04. The highest BCUT2D eigenvalue weighted by Gasteiger charge is 2.24. The first-order valence-electron chi connectivity index (χ1n) is 8.91. The number of hydrogen-bond acceptors (Lipinski definition) is 7. The number of aromatic nitrogens is 3. The molecule has 0 saturated carbocycles. The average molecular weight is 383 g/mol. The molecule has 1 N–H and O–H groups in total. The Bertz CT molecular complexity index is 981. The summed E-state index contributed by atoms with van der Waals surface area (Å²) < 4.78 is 5.35. The molecule has 1 aliphatic heterocycles. The number of hydrogen-bond donors (Lipinski definition) is 1. The van der Waals surface area contributed by atoms with E-state index >= 15 is 0 Å². The highest BCUT2D eigenvalue weighted by Crippen LogP contribution is 2.34. The lowest BCUT2D eigenvalue weighted by atomic mass is 10.2. The van der Waals surface area contributed by atoms with Crippen LogP contribution in [0.4, 0.5) is 5.82 Å². The second kappa shape index (κ2) is 7.58. The Balaban J connectivity index is 1.62. The van der Waals surface area contributed by atoms with Crippen LogP contribution in [0.15, 0.2) is 24.5 Å². The van der Waals surface area contributed by atoms with Crippen LogP contribution in [0.5, 0.6) is 0 Å². The van der Waals surface area contributed by atoms with Crippen molar-refractivity contribution in [2.24, 2.45) is 0 Å². The van der Waals surface area contributed by atoms with Crippen molar-refractivity contribution in [3.8, 4) is 0 Å². The summed E-state index contributed by atoms with van der Waals surface area (Å²) in [6.07, 6.45) is 1.53. The van der Waals surface area contributed by atoms with Gasteiger partial charge < -0.3 is 15.0 Å². The molecule has 1 amide bonds. The van der Waals surface area contributed by atoms with Gasteiger partial charge in [0, 0.05) is 18.8 Å². The minimum absolute atomic E-state index is 0.0464. The molecule has 0 bridgehead atoms. The number of pyridine rings is 1. The molecule has 0 aromatic carbocycles. The Kier molecular flexibility index (Phi) is 5.00. The first kappa shape index (κ1) is 17.8. The lowest BCUT2D eigenvalue weighted by Crippen LogP contribution is -2.40. The van der Waals surface area contributed by atoms with Gasteiger partial charge in [-0.3, -0.25) is 9.78 Å². The molecule has 3 aromatic rings. The summed E-state index contributed by atoms with van der Waals surface area (Å²) in [6.45, 7) is 6.93. The smallest absolute Gasteiger partial charge is 0.264 e. The summed E-state index contributed by atoms with van der Waals surface area (Å²) >= 11 is 1.43. The molecule has 140 valence electrons. The van der Waals surface area contributed by atoms with Gasteiger partial charge in [-0.25, -0.2) is 9.97 Å². The standard InChI is InChI=1S/C19H21N5O2S/c1-12-4-3-5-14(23-12)10-20-17-15-13(2)16(27-18(15)22-11-21-17)19(25)24-6-8-26-9-7-24/h3-5,11H,6-10H2,1-2H3,(H,20,21,22). The minimum Gasteiger partial charge on any atom is -0.378 e. The number of nitrogens with one attached hydrogen (secondary N) is 1. The molecule has 0 unspecified atom stereocenters. The van der Waals surface area contributed by atoms with Crippen molar-refractivity contribution in [2.45, 2.75) is 20.4 Å². The van der Waals surface area contributed by atoms with Gasteiger partial charge in [-0.2, -0.15) is 0 Å². The van der Waals surface area contributed by atoms with Gasteiger partial charge in [0.2, 0.25) is 0 Å². The first-order chi connectivity index (χ1) is 13.1. The van der Waals surface area contributed by atoms with Gasteiger partial charge in [-0.05, 0) is 31.5 Å². The van der Waals surface area contributed by atoms with Gasteiger partial charge in [-0.1, -0.05) is 6.07 Å². The minimum atomic E-state index is 0.0464. The summed E-state index contributed by atoms with van der Waals surface area (Å²) in [7, 11) is 0. The molecule has 1 aliphatic rings. The van der Waals surface area contributed by atoms with Crippen LogP contribution >= 0.6 is 11.3 Å². The van der Waals surface area contributed by atoms with Gasteiger partial charge in [0.25, 0.3) is 5.91 Å². The topological polar surface area (TPSA) is 80.2 Å². The van der Waals surface area contributed by atoms with Crippen molar-refractivity contribution >= 4 is 33.3 Å². The fourth-order valence-electron chi connectivity index (χ4n) is 3.19. The van der Waals surface area contributed by atoms with Crippen molar-refractivity contribution in [3.63, 3.8) is 0 Å². The Hall–Kier alpha value is -2.58. The summed E-state index contributed by atoms with van der Waals surface area (Å²) in [5, 5.41) is 4.26. The zero-order chi connectivity index (χ0) is 18.8. The third-order valence-corrected chi connectivity index (χ3v) is 5.79. The van der Waals surface area contributed by atoms with E-state index in [1.165, 1.54) is 17.7 Å². The molecule has 0 spiro atoms. The molecular weight excluding hydrogens is 362 g/mol. The van der Waals surface area contributed by atoms with Crippen molar-refractivity contribution in [3.05, 3.63) is 46.4 Å². The van der Waals surface area contributed by atoms with Crippen molar-refractivity contribution in [1.29, 1.82) is 0 Å². The normalized spacial score (nSPS) is 14.5. The molecule has 3 aromatic heterocycles. The van der Waals surface area contributed by atoms with Crippen molar-refractivity contribution < 1.29 is 9.53 Å². The van der Waals surface area contributed by atoms with Gasteiger partial charge in [0.05, 0.1) is 35.7 Å². The molecule has 7 nitrogen and oxygen atoms in total. The summed E-state index contributed by atoms with van der Waals surface area (Å²) in [5.41, 5.74) is 2.85. The van der Waals surface area contributed by atoms with E-state index in [2.05, 4.69) is 20.3 Å². The Morgan fingerprint density at radius 3 is 2.85 bits per heavy atom. The van der Waals surface area contributed by atoms with Crippen LogP contribution in [0.2, 0.25) is 0 Å². The van der Waals surface area contributed by atoms with Gasteiger partial charge >= 0.3 is 0 Å².